The molecule has 0 saturated heterocycles. The van der Waals surface area contributed by atoms with Gasteiger partial charge in [-0.25, -0.2) is 4.79 Å². The summed E-state index contributed by atoms with van der Waals surface area (Å²) < 4.78 is 11.0. The SMILES string of the molecule is O=C(O)/C(=C/c1ccc2c(c1)OCO2)NC(=O)c1ccccc1Br. The van der Waals surface area contributed by atoms with E-state index in [1.54, 1.807) is 42.5 Å². The smallest absolute Gasteiger partial charge is 0.352 e. The molecule has 0 fully saturated rings. The van der Waals surface area contributed by atoms with Gasteiger partial charge in [0.05, 0.1) is 5.56 Å². The number of halogens is 1. The summed E-state index contributed by atoms with van der Waals surface area (Å²) in [6.07, 6.45) is 1.36. The van der Waals surface area contributed by atoms with Gasteiger partial charge in [0.1, 0.15) is 5.70 Å². The Hall–Kier alpha value is -2.80. The molecule has 0 spiro atoms. The van der Waals surface area contributed by atoms with E-state index in [0.29, 0.717) is 27.1 Å². The Kier molecular flexibility index (Phi) is 4.52. The maximum Gasteiger partial charge on any atom is 0.352 e. The average Bonchev–Trinajstić information content (AvgIpc) is 3.02. The molecule has 1 amide bonds. The molecule has 1 aliphatic rings. The van der Waals surface area contributed by atoms with Crippen LogP contribution in [0.2, 0.25) is 0 Å². The molecule has 6 nitrogen and oxygen atoms in total. The van der Waals surface area contributed by atoms with E-state index >= 15 is 0 Å². The van der Waals surface area contributed by atoms with Gasteiger partial charge in [-0.3, -0.25) is 4.79 Å². The van der Waals surface area contributed by atoms with Gasteiger partial charge >= 0.3 is 5.97 Å². The minimum atomic E-state index is -1.24. The highest BCUT2D eigenvalue weighted by molar-refractivity contribution is 9.10. The molecule has 0 aromatic heterocycles. The Morgan fingerprint density at radius 3 is 2.62 bits per heavy atom. The second kappa shape index (κ2) is 6.76. The summed E-state index contributed by atoms with van der Waals surface area (Å²) in [5, 5.41) is 11.8. The predicted molar refractivity (Wildman–Crippen MR) is 89.8 cm³/mol. The van der Waals surface area contributed by atoms with E-state index in [9.17, 15) is 14.7 Å². The molecule has 0 aliphatic carbocycles. The fraction of sp³-hybridized carbons (Fsp3) is 0.0588. The number of carboxylic acid groups (broad SMARTS) is 1. The van der Waals surface area contributed by atoms with Crippen LogP contribution in [0.1, 0.15) is 15.9 Å². The predicted octanol–water partition coefficient (Wildman–Crippen LogP) is 3.03. The summed E-state index contributed by atoms with van der Waals surface area (Å²) in [5.41, 5.74) is 0.675. The molecule has 2 N–H and O–H groups in total. The summed E-state index contributed by atoms with van der Waals surface area (Å²) in [4.78, 5) is 23.7. The lowest BCUT2D eigenvalue weighted by Crippen LogP contribution is -2.27. The average molecular weight is 390 g/mol. The summed E-state index contributed by atoms with van der Waals surface area (Å²) >= 11 is 3.27. The summed E-state index contributed by atoms with van der Waals surface area (Å²) in [5.74, 6) is -0.628. The van der Waals surface area contributed by atoms with Crippen LogP contribution in [-0.2, 0) is 4.79 Å². The number of ether oxygens (including phenoxy) is 2. The van der Waals surface area contributed by atoms with Crippen molar-refractivity contribution in [2.75, 3.05) is 6.79 Å². The quantitative estimate of drug-likeness (QED) is 0.785. The number of benzene rings is 2. The first-order valence-electron chi connectivity index (χ1n) is 6.95. The lowest BCUT2D eigenvalue weighted by Gasteiger charge is -2.08. The molecule has 0 saturated carbocycles. The fourth-order valence-corrected chi connectivity index (χ4v) is 2.62. The highest BCUT2D eigenvalue weighted by atomic mass is 79.9. The van der Waals surface area contributed by atoms with Crippen LogP contribution in [0.5, 0.6) is 11.5 Å². The molecular weight excluding hydrogens is 378 g/mol. The van der Waals surface area contributed by atoms with Crippen LogP contribution in [0.25, 0.3) is 6.08 Å². The maximum absolute atomic E-state index is 12.3. The summed E-state index contributed by atoms with van der Waals surface area (Å²) in [6, 6.07) is 11.8. The second-order valence-electron chi connectivity index (χ2n) is 4.91. The number of hydrogen-bond donors (Lipinski definition) is 2. The van der Waals surface area contributed by atoms with Gasteiger partial charge in [0, 0.05) is 4.47 Å². The Bertz CT molecular complexity index is 847. The normalized spacial score (nSPS) is 12.8. The first-order valence-corrected chi connectivity index (χ1v) is 7.74. The fourth-order valence-electron chi connectivity index (χ4n) is 2.16. The Labute approximate surface area is 145 Å². The third-order valence-electron chi connectivity index (χ3n) is 3.30. The number of fused-ring (bicyclic) bond motifs is 1. The molecule has 0 atom stereocenters. The Balaban J connectivity index is 1.86. The van der Waals surface area contributed by atoms with E-state index in [4.69, 9.17) is 9.47 Å². The molecule has 122 valence electrons. The van der Waals surface area contributed by atoms with Gasteiger partial charge in [0.2, 0.25) is 6.79 Å². The number of carbonyl (C=O) groups is 2. The van der Waals surface area contributed by atoms with E-state index in [0.717, 1.165) is 0 Å². The van der Waals surface area contributed by atoms with Gasteiger partial charge in [-0.1, -0.05) is 18.2 Å². The van der Waals surface area contributed by atoms with Crippen LogP contribution >= 0.6 is 15.9 Å². The van der Waals surface area contributed by atoms with E-state index in [2.05, 4.69) is 21.2 Å². The molecule has 1 aliphatic heterocycles. The van der Waals surface area contributed by atoms with Gasteiger partial charge < -0.3 is 19.9 Å². The molecule has 24 heavy (non-hydrogen) atoms. The largest absolute Gasteiger partial charge is 0.477 e. The Morgan fingerprint density at radius 2 is 1.88 bits per heavy atom. The zero-order chi connectivity index (χ0) is 17.1. The third kappa shape index (κ3) is 3.41. The molecule has 0 unspecified atom stereocenters. The molecule has 7 heteroatoms. The van der Waals surface area contributed by atoms with Crippen LogP contribution in [0.15, 0.2) is 52.6 Å². The van der Waals surface area contributed by atoms with E-state index in [1.807, 2.05) is 0 Å². The van der Waals surface area contributed by atoms with Crippen LogP contribution in [0.3, 0.4) is 0 Å². The van der Waals surface area contributed by atoms with Crippen LogP contribution in [0.4, 0.5) is 0 Å². The van der Waals surface area contributed by atoms with Gasteiger partial charge in [-0.05, 0) is 51.8 Å². The lowest BCUT2D eigenvalue weighted by molar-refractivity contribution is -0.132. The third-order valence-corrected chi connectivity index (χ3v) is 4.00. The Morgan fingerprint density at radius 1 is 1.12 bits per heavy atom. The number of rotatable bonds is 4. The molecule has 1 heterocycles. The first-order chi connectivity index (χ1) is 11.5. The standard InChI is InChI=1S/C17H12BrNO5/c18-12-4-2-1-3-11(12)16(20)19-13(17(21)22)7-10-5-6-14-15(8-10)24-9-23-14/h1-8H,9H2,(H,19,20)(H,21,22)/b13-7-. The minimum Gasteiger partial charge on any atom is -0.477 e. The molecular formula is C17H12BrNO5. The zero-order valence-electron chi connectivity index (χ0n) is 12.3. The topological polar surface area (TPSA) is 84.9 Å². The maximum atomic E-state index is 12.3. The van der Waals surface area contributed by atoms with Gasteiger partial charge in [0.15, 0.2) is 11.5 Å². The monoisotopic (exact) mass is 389 g/mol. The molecule has 2 aromatic carbocycles. The van der Waals surface area contributed by atoms with E-state index in [-0.39, 0.29) is 12.5 Å². The van der Waals surface area contributed by atoms with Crippen molar-refractivity contribution in [3.05, 3.63) is 63.8 Å². The second-order valence-corrected chi connectivity index (χ2v) is 5.76. The van der Waals surface area contributed by atoms with E-state index < -0.39 is 11.9 Å². The summed E-state index contributed by atoms with van der Waals surface area (Å²) in [6.45, 7) is 0.132. The first kappa shape index (κ1) is 16.1. The van der Waals surface area contributed by atoms with Crippen molar-refractivity contribution in [2.24, 2.45) is 0 Å². The lowest BCUT2D eigenvalue weighted by atomic mass is 10.1. The van der Waals surface area contributed by atoms with Crippen molar-refractivity contribution in [3.63, 3.8) is 0 Å². The zero-order valence-corrected chi connectivity index (χ0v) is 13.9. The van der Waals surface area contributed by atoms with Crippen molar-refractivity contribution in [3.8, 4) is 11.5 Å². The molecule has 0 bridgehead atoms. The van der Waals surface area contributed by atoms with Crippen LogP contribution in [0, 0.1) is 0 Å². The van der Waals surface area contributed by atoms with Gasteiger partial charge in [-0.2, -0.15) is 0 Å². The molecule has 3 rings (SSSR count). The van der Waals surface area contributed by atoms with Crippen molar-refractivity contribution < 1.29 is 24.2 Å². The van der Waals surface area contributed by atoms with Gasteiger partial charge in [-0.15, -0.1) is 0 Å². The van der Waals surface area contributed by atoms with Crippen molar-refractivity contribution in [1.29, 1.82) is 0 Å². The van der Waals surface area contributed by atoms with Crippen molar-refractivity contribution in [2.45, 2.75) is 0 Å². The number of amides is 1. The molecule has 0 radical (unpaired) electrons. The highest BCUT2D eigenvalue weighted by Gasteiger charge is 2.17. The highest BCUT2D eigenvalue weighted by Crippen LogP contribution is 2.33. The minimum absolute atomic E-state index is 0.132. The summed E-state index contributed by atoms with van der Waals surface area (Å²) in [7, 11) is 0. The van der Waals surface area contributed by atoms with Crippen molar-refractivity contribution >= 4 is 33.9 Å². The van der Waals surface area contributed by atoms with Gasteiger partial charge in [0.25, 0.3) is 5.91 Å². The van der Waals surface area contributed by atoms with Crippen LogP contribution < -0.4 is 14.8 Å². The number of carboxylic acids is 1. The number of carbonyl (C=O) groups excluding carboxylic acids is 1. The van der Waals surface area contributed by atoms with Crippen molar-refractivity contribution in [1.82, 2.24) is 5.32 Å². The number of aliphatic carboxylic acids is 1. The van der Waals surface area contributed by atoms with E-state index in [1.165, 1.54) is 6.08 Å². The number of hydrogen-bond acceptors (Lipinski definition) is 4. The molecule has 2 aromatic rings. The van der Waals surface area contributed by atoms with Crippen LogP contribution in [-0.4, -0.2) is 23.8 Å². The number of nitrogens with one attached hydrogen (secondary N) is 1.